The van der Waals surface area contributed by atoms with Crippen LogP contribution in [0.2, 0.25) is 0 Å². The van der Waals surface area contributed by atoms with Gasteiger partial charge in [-0.2, -0.15) is 0 Å². The maximum absolute atomic E-state index is 13.3. The van der Waals surface area contributed by atoms with Gasteiger partial charge in [0.05, 0.1) is 0 Å². The fourth-order valence-electron chi connectivity index (χ4n) is 2.15. The molecule has 0 spiro atoms. The molecule has 20 heavy (non-hydrogen) atoms. The highest BCUT2D eigenvalue weighted by atomic mass is 19.1. The molecule has 106 valence electrons. The molecule has 3 N–H and O–H groups in total. The highest BCUT2D eigenvalue weighted by molar-refractivity contribution is 5.28. The van der Waals surface area contributed by atoms with Crippen LogP contribution in [-0.4, -0.2) is 23.1 Å². The number of nitrogens with two attached hydrogens (primary N) is 1. The molecule has 0 fully saturated rings. The Kier molecular flexibility index (Phi) is 5.09. The molecular formula is C16H19FN2O. The zero-order chi connectivity index (χ0) is 14.4. The fourth-order valence-corrected chi connectivity index (χ4v) is 2.15. The van der Waals surface area contributed by atoms with Crippen LogP contribution in [0.4, 0.5) is 4.39 Å². The van der Waals surface area contributed by atoms with Crippen molar-refractivity contribution in [2.24, 2.45) is 5.73 Å². The Hall–Kier alpha value is -1.91. The van der Waals surface area contributed by atoms with E-state index >= 15 is 0 Å². The largest absolute Gasteiger partial charge is 0.505 e. The average molecular weight is 274 g/mol. The summed E-state index contributed by atoms with van der Waals surface area (Å²) in [5.41, 5.74) is 7.65. The van der Waals surface area contributed by atoms with E-state index in [1.54, 1.807) is 6.07 Å². The average Bonchev–Trinajstić information content (AvgIpc) is 2.44. The molecular weight excluding hydrogens is 255 g/mol. The zero-order valence-electron chi connectivity index (χ0n) is 11.3. The van der Waals surface area contributed by atoms with E-state index in [4.69, 9.17) is 5.73 Å². The van der Waals surface area contributed by atoms with Crippen molar-refractivity contribution in [3.05, 3.63) is 65.5 Å². The monoisotopic (exact) mass is 274 g/mol. The molecule has 0 atom stereocenters. The molecule has 0 heterocycles. The third kappa shape index (κ3) is 4.05. The van der Waals surface area contributed by atoms with Gasteiger partial charge in [0.1, 0.15) is 0 Å². The predicted octanol–water partition coefficient (Wildman–Crippen LogP) is 2.49. The molecule has 0 aliphatic heterocycles. The van der Waals surface area contributed by atoms with Gasteiger partial charge in [-0.05, 0) is 23.3 Å². The van der Waals surface area contributed by atoms with Crippen LogP contribution in [-0.2, 0) is 13.1 Å². The van der Waals surface area contributed by atoms with E-state index in [9.17, 15) is 9.50 Å². The number of halogens is 1. The van der Waals surface area contributed by atoms with Crippen LogP contribution in [0.15, 0.2) is 48.5 Å². The number of benzene rings is 2. The Bertz CT molecular complexity index is 545. The number of hydrogen-bond acceptors (Lipinski definition) is 3. The van der Waals surface area contributed by atoms with Crippen LogP contribution in [0.5, 0.6) is 5.75 Å². The van der Waals surface area contributed by atoms with E-state index in [2.05, 4.69) is 17.0 Å². The highest BCUT2D eigenvalue weighted by Crippen LogP contribution is 2.18. The van der Waals surface area contributed by atoms with Crippen LogP contribution in [0.25, 0.3) is 0 Å². The van der Waals surface area contributed by atoms with E-state index in [-0.39, 0.29) is 5.75 Å². The molecule has 0 aliphatic rings. The number of phenols is 1. The van der Waals surface area contributed by atoms with Gasteiger partial charge in [-0.1, -0.05) is 36.4 Å². The molecule has 0 saturated heterocycles. The van der Waals surface area contributed by atoms with Crippen LogP contribution in [0, 0.1) is 5.82 Å². The van der Waals surface area contributed by atoms with Crippen LogP contribution < -0.4 is 5.73 Å². The fraction of sp³-hybridized carbons (Fsp3) is 0.250. The van der Waals surface area contributed by atoms with Crippen LogP contribution >= 0.6 is 0 Å². The molecule has 2 aromatic rings. The van der Waals surface area contributed by atoms with Crippen molar-refractivity contribution >= 4 is 0 Å². The minimum atomic E-state index is -0.588. The summed E-state index contributed by atoms with van der Waals surface area (Å²) in [7, 11) is 0. The molecule has 0 radical (unpaired) electrons. The summed E-state index contributed by atoms with van der Waals surface area (Å²) in [6, 6.07) is 14.6. The van der Waals surface area contributed by atoms with Gasteiger partial charge in [0.2, 0.25) is 0 Å². The summed E-state index contributed by atoms with van der Waals surface area (Å²) in [6.07, 6.45) is 0. The first kappa shape index (κ1) is 14.5. The van der Waals surface area contributed by atoms with E-state index < -0.39 is 5.82 Å². The maximum atomic E-state index is 13.3. The number of aromatic hydroxyl groups is 1. The minimum Gasteiger partial charge on any atom is -0.505 e. The van der Waals surface area contributed by atoms with Crippen molar-refractivity contribution in [2.75, 3.05) is 13.1 Å². The Labute approximate surface area is 118 Å². The van der Waals surface area contributed by atoms with Crippen molar-refractivity contribution in [1.29, 1.82) is 0 Å². The quantitative estimate of drug-likeness (QED) is 0.851. The van der Waals surface area contributed by atoms with Crippen LogP contribution in [0.1, 0.15) is 11.1 Å². The topological polar surface area (TPSA) is 49.5 Å². The van der Waals surface area contributed by atoms with Crippen molar-refractivity contribution < 1.29 is 9.50 Å². The molecule has 0 aromatic heterocycles. The van der Waals surface area contributed by atoms with E-state index in [0.717, 1.165) is 18.7 Å². The second-order valence-electron chi connectivity index (χ2n) is 4.77. The van der Waals surface area contributed by atoms with Gasteiger partial charge >= 0.3 is 0 Å². The molecule has 4 heteroatoms. The number of rotatable bonds is 6. The molecule has 0 unspecified atom stereocenters. The molecule has 0 amide bonds. The third-order valence-electron chi connectivity index (χ3n) is 3.11. The number of phenolic OH excluding ortho intramolecular Hbond substituents is 1. The lowest BCUT2D eigenvalue weighted by molar-refractivity contribution is 0.264. The number of nitrogens with zero attached hydrogens (tertiary/aromatic N) is 1. The van der Waals surface area contributed by atoms with Gasteiger partial charge in [-0.15, -0.1) is 0 Å². The maximum Gasteiger partial charge on any atom is 0.165 e. The van der Waals surface area contributed by atoms with Gasteiger partial charge in [-0.3, -0.25) is 4.90 Å². The second-order valence-corrected chi connectivity index (χ2v) is 4.77. The predicted molar refractivity (Wildman–Crippen MR) is 77.7 cm³/mol. The van der Waals surface area contributed by atoms with E-state index in [1.807, 2.05) is 18.2 Å². The third-order valence-corrected chi connectivity index (χ3v) is 3.11. The summed E-state index contributed by atoms with van der Waals surface area (Å²) in [5.74, 6) is -0.905. The van der Waals surface area contributed by atoms with Gasteiger partial charge in [0.25, 0.3) is 0 Å². The summed E-state index contributed by atoms with van der Waals surface area (Å²) in [5, 5.41) is 9.21. The Morgan fingerprint density at radius 3 is 2.35 bits per heavy atom. The minimum absolute atomic E-state index is 0.317. The van der Waals surface area contributed by atoms with Gasteiger partial charge in [0.15, 0.2) is 11.6 Å². The van der Waals surface area contributed by atoms with Crippen molar-refractivity contribution in [1.82, 2.24) is 4.90 Å². The molecule has 0 saturated carbocycles. The van der Waals surface area contributed by atoms with E-state index in [1.165, 1.54) is 17.7 Å². The van der Waals surface area contributed by atoms with Crippen LogP contribution in [0.3, 0.4) is 0 Å². The normalized spacial score (nSPS) is 10.9. The Balaban J connectivity index is 2.06. The first-order valence-corrected chi connectivity index (χ1v) is 6.63. The highest BCUT2D eigenvalue weighted by Gasteiger charge is 2.08. The Morgan fingerprint density at radius 1 is 1.00 bits per heavy atom. The summed E-state index contributed by atoms with van der Waals surface area (Å²) in [4.78, 5) is 2.15. The molecule has 3 nitrogen and oxygen atoms in total. The SMILES string of the molecule is NCCN(Cc1ccccc1)Cc1ccc(O)c(F)c1. The summed E-state index contributed by atoms with van der Waals surface area (Å²) < 4.78 is 13.3. The number of hydrogen-bond donors (Lipinski definition) is 2. The van der Waals surface area contributed by atoms with Crippen molar-refractivity contribution in [3.8, 4) is 5.75 Å². The Morgan fingerprint density at radius 2 is 1.70 bits per heavy atom. The summed E-state index contributed by atoms with van der Waals surface area (Å²) in [6.45, 7) is 2.65. The van der Waals surface area contributed by atoms with Crippen molar-refractivity contribution in [3.63, 3.8) is 0 Å². The lowest BCUT2D eigenvalue weighted by atomic mass is 10.1. The second kappa shape index (κ2) is 7.03. The first-order valence-electron chi connectivity index (χ1n) is 6.63. The lowest BCUT2D eigenvalue weighted by Crippen LogP contribution is -2.28. The smallest absolute Gasteiger partial charge is 0.165 e. The molecule has 2 rings (SSSR count). The first-order chi connectivity index (χ1) is 9.69. The lowest BCUT2D eigenvalue weighted by Gasteiger charge is -2.22. The van der Waals surface area contributed by atoms with Gasteiger partial charge < -0.3 is 10.8 Å². The van der Waals surface area contributed by atoms with Crippen molar-refractivity contribution in [2.45, 2.75) is 13.1 Å². The van der Waals surface area contributed by atoms with Gasteiger partial charge in [-0.25, -0.2) is 4.39 Å². The molecule has 0 aliphatic carbocycles. The molecule has 0 bridgehead atoms. The standard InChI is InChI=1S/C16H19FN2O/c17-15-10-14(6-7-16(15)20)12-19(9-8-18)11-13-4-2-1-3-5-13/h1-7,10,20H,8-9,11-12,18H2. The van der Waals surface area contributed by atoms with E-state index in [0.29, 0.717) is 13.1 Å². The zero-order valence-corrected chi connectivity index (χ0v) is 11.3. The summed E-state index contributed by atoms with van der Waals surface area (Å²) >= 11 is 0. The molecule has 2 aromatic carbocycles. The van der Waals surface area contributed by atoms with Gasteiger partial charge in [0, 0.05) is 26.2 Å².